The number of halogens is 3. The van der Waals surface area contributed by atoms with Gasteiger partial charge in [-0.15, -0.1) is 0 Å². The molecule has 0 spiro atoms. The van der Waals surface area contributed by atoms with Gasteiger partial charge in [-0.3, -0.25) is 0 Å². The van der Waals surface area contributed by atoms with Crippen molar-refractivity contribution in [2.24, 2.45) is 0 Å². The molecular weight excluding hydrogens is 358 g/mol. The van der Waals surface area contributed by atoms with Gasteiger partial charge in [0.05, 0.1) is 12.1 Å². The molecule has 2 aromatic rings. The first-order chi connectivity index (χ1) is 11.9. The van der Waals surface area contributed by atoms with E-state index in [0.29, 0.717) is 17.0 Å². The normalized spacial score (nSPS) is 10.4. The van der Waals surface area contributed by atoms with Gasteiger partial charge in [-0.2, -0.15) is 8.78 Å². The van der Waals surface area contributed by atoms with E-state index < -0.39 is 12.6 Å². The lowest BCUT2D eigenvalue weighted by atomic mass is 10.2. The molecule has 0 bridgehead atoms. The molecule has 0 heterocycles. The van der Waals surface area contributed by atoms with Crippen LogP contribution >= 0.6 is 11.6 Å². The summed E-state index contributed by atoms with van der Waals surface area (Å²) in [7, 11) is 1.42. The highest BCUT2D eigenvalue weighted by Gasteiger charge is 2.11. The lowest BCUT2D eigenvalue weighted by Crippen LogP contribution is -2.28. The van der Waals surface area contributed by atoms with Gasteiger partial charge in [-0.05, 0) is 24.3 Å². The van der Waals surface area contributed by atoms with Gasteiger partial charge >= 0.3 is 12.6 Å². The van der Waals surface area contributed by atoms with E-state index in [1.165, 1.54) is 25.3 Å². The number of alkyl halides is 2. The molecule has 0 atom stereocenters. The highest BCUT2D eigenvalue weighted by molar-refractivity contribution is 6.32. The second-order valence-corrected chi connectivity index (χ2v) is 5.21. The molecule has 9 heteroatoms. The third-order valence-electron chi connectivity index (χ3n) is 3.15. The Hall–Kier alpha value is -2.74. The minimum Gasteiger partial charge on any atom is -0.504 e. The van der Waals surface area contributed by atoms with E-state index in [0.717, 1.165) is 0 Å². The zero-order valence-electron chi connectivity index (χ0n) is 13.1. The summed E-state index contributed by atoms with van der Waals surface area (Å²) < 4.78 is 33.5. The molecule has 3 N–H and O–H groups in total. The Kier molecular flexibility index (Phi) is 6.24. The van der Waals surface area contributed by atoms with Gasteiger partial charge in [-0.1, -0.05) is 23.7 Å². The Labute approximate surface area is 147 Å². The molecule has 2 amide bonds. The number of urea groups is 1. The number of benzene rings is 2. The monoisotopic (exact) mass is 372 g/mol. The number of para-hydroxylation sites is 1. The van der Waals surface area contributed by atoms with Crippen molar-refractivity contribution < 1.29 is 28.2 Å². The quantitative estimate of drug-likeness (QED) is 0.716. The van der Waals surface area contributed by atoms with Crippen LogP contribution in [0.4, 0.5) is 19.3 Å². The summed E-state index contributed by atoms with van der Waals surface area (Å²) in [6, 6.07) is 8.19. The number of hydrogen-bond acceptors (Lipinski definition) is 4. The number of methoxy groups -OCH3 is 1. The molecule has 6 nitrogen and oxygen atoms in total. The van der Waals surface area contributed by atoms with Crippen molar-refractivity contribution in [2.75, 3.05) is 12.4 Å². The molecular formula is C16H15ClF2N2O4. The number of aromatic hydroxyl groups is 1. The van der Waals surface area contributed by atoms with Crippen LogP contribution in [0.2, 0.25) is 5.02 Å². The minimum atomic E-state index is -2.99. The first-order valence-corrected chi connectivity index (χ1v) is 7.42. The van der Waals surface area contributed by atoms with Crippen LogP contribution in [0.25, 0.3) is 0 Å². The van der Waals surface area contributed by atoms with E-state index in [4.69, 9.17) is 16.3 Å². The summed E-state index contributed by atoms with van der Waals surface area (Å²) in [4.78, 5) is 11.9. The molecule has 0 radical (unpaired) electrons. The Morgan fingerprint density at radius 2 is 2.04 bits per heavy atom. The second-order valence-electron chi connectivity index (χ2n) is 4.80. The summed E-state index contributed by atoms with van der Waals surface area (Å²) in [6.07, 6.45) is 0. The van der Waals surface area contributed by atoms with Crippen LogP contribution in [0.3, 0.4) is 0 Å². The van der Waals surface area contributed by atoms with Crippen LogP contribution in [-0.4, -0.2) is 24.9 Å². The SMILES string of the molecule is COc1cccc(CNC(=O)Nc2ccc(OC(F)F)c(Cl)c2)c1O. The van der Waals surface area contributed by atoms with Crippen LogP contribution in [0.1, 0.15) is 5.56 Å². The Morgan fingerprint density at radius 1 is 1.28 bits per heavy atom. The van der Waals surface area contributed by atoms with E-state index in [1.54, 1.807) is 18.2 Å². The van der Waals surface area contributed by atoms with Crippen LogP contribution in [0.15, 0.2) is 36.4 Å². The van der Waals surface area contributed by atoms with Crippen molar-refractivity contribution in [2.45, 2.75) is 13.2 Å². The first-order valence-electron chi connectivity index (χ1n) is 7.04. The molecule has 2 rings (SSSR count). The van der Waals surface area contributed by atoms with Gasteiger partial charge in [-0.25, -0.2) is 4.79 Å². The molecule has 0 fully saturated rings. The largest absolute Gasteiger partial charge is 0.504 e. The predicted octanol–water partition coefficient (Wildman–Crippen LogP) is 3.98. The highest BCUT2D eigenvalue weighted by atomic mass is 35.5. The fraction of sp³-hybridized carbons (Fsp3) is 0.188. The van der Waals surface area contributed by atoms with Crippen molar-refractivity contribution in [3.05, 3.63) is 47.0 Å². The smallest absolute Gasteiger partial charge is 0.387 e. The maximum absolute atomic E-state index is 12.2. The van der Waals surface area contributed by atoms with Crippen molar-refractivity contribution in [3.8, 4) is 17.2 Å². The molecule has 0 aliphatic carbocycles. The number of rotatable bonds is 6. The fourth-order valence-corrected chi connectivity index (χ4v) is 2.22. The van der Waals surface area contributed by atoms with Gasteiger partial charge in [0.1, 0.15) is 5.75 Å². The van der Waals surface area contributed by atoms with Gasteiger partial charge in [0.15, 0.2) is 11.5 Å². The molecule has 0 unspecified atom stereocenters. The number of carbonyl (C=O) groups excluding carboxylic acids is 1. The van der Waals surface area contributed by atoms with E-state index in [-0.39, 0.29) is 23.1 Å². The predicted molar refractivity (Wildman–Crippen MR) is 88.6 cm³/mol. The topological polar surface area (TPSA) is 79.8 Å². The fourth-order valence-electron chi connectivity index (χ4n) is 2.00. The van der Waals surface area contributed by atoms with Crippen LogP contribution in [0.5, 0.6) is 17.2 Å². The molecule has 25 heavy (non-hydrogen) atoms. The van der Waals surface area contributed by atoms with Crippen molar-refractivity contribution in [1.29, 1.82) is 0 Å². The summed E-state index contributed by atoms with van der Waals surface area (Å²) in [6.45, 7) is -2.94. The third kappa shape index (κ3) is 5.12. The number of nitrogens with one attached hydrogen (secondary N) is 2. The lowest BCUT2D eigenvalue weighted by Gasteiger charge is -2.12. The number of hydrogen-bond donors (Lipinski definition) is 3. The van der Waals surface area contributed by atoms with E-state index >= 15 is 0 Å². The maximum atomic E-state index is 12.2. The standard InChI is InChI=1S/C16H15ClF2N2O4/c1-24-13-4-2-3-9(14(13)22)8-20-16(23)21-10-5-6-12(11(17)7-10)25-15(18)19/h2-7,15,22H,8H2,1H3,(H2,20,21,23). The first kappa shape index (κ1) is 18.6. The number of carbonyl (C=O) groups is 1. The minimum absolute atomic E-state index is 0.0508. The maximum Gasteiger partial charge on any atom is 0.387 e. The number of amides is 2. The Morgan fingerprint density at radius 3 is 2.68 bits per heavy atom. The summed E-state index contributed by atoms with van der Waals surface area (Å²) in [5.41, 5.74) is 0.757. The van der Waals surface area contributed by atoms with Crippen LogP contribution in [-0.2, 0) is 6.54 Å². The van der Waals surface area contributed by atoms with Crippen LogP contribution < -0.4 is 20.1 Å². The molecule has 0 saturated heterocycles. The summed E-state index contributed by atoms with van der Waals surface area (Å²) >= 11 is 5.81. The van der Waals surface area contributed by atoms with Crippen LogP contribution in [0, 0.1) is 0 Å². The van der Waals surface area contributed by atoms with E-state index in [2.05, 4.69) is 15.4 Å². The Bertz CT molecular complexity index is 759. The number of ether oxygens (including phenoxy) is 2. The second kappa shape index (κ2) is 8.39. The van der Waals surface area contributed by atoms with Gasteiger partial charge in [0.2, 0.25) is 0 Å². The van der Waals surface area contributed by atoms with Gasteiger partial charge < -0.3 is 25.2 Å². The van der Waals surface area contributed by atoms with Crippen molar-refractivity contribution >= 4 is 23.3 Å². The Balaban J connectivity index is 1.95. The zero-order chi connectivity index (χ0) is 18.4. The van der Waals surface area contributed by atoms with Gasteiger partial charge in [0, 0.05) is 17.8 Å². The van der Waals surface area contributed by atoms with Crippen molar-refractivity contribution in [1.82, 2.24) is 5.32 Å². The number of phenols is 1. The molecule has 0 aliphatic rings. The molecule has 0 aromatic heterocycles. The average Bonchev–Trinajstić information content (AvgIpc) is 2.56. The number of anilines is 1. The van der Waals surface area contributed by atoms with E-state index in [1.807, 2.05) is 0 Å². The van der Waals surface area contributed by atoms with E-state index in [9.17, 15) is 18.7 Å². The highest BCUT2D eigenvalue weighted by Crippen LogP contribution is 2.30. The molecule has 2 aromatic carbocycles. The molecule has 0 saturated carbocycles. The zero-order valence-corrected chi connectivity index (χ0v) is 13.8. The molecule has 0 aliphatic heterocycles. The number of phenolic OH excluding ortho intramolecular Hbond substituents is 1. The summed E-state index contributed by atoms with van der Waals surface area (Å²) in [5.74, 6) is 0.0341. The average molecular weight is 373 g/mol. The third-order valence-corrected chi connectivity index (χ3v) is 3.44. The van der Waals surface area contributed by atoms with Gasteiger partial charge in [0.25, 0.3) is 0 Å². The lowest BCUT2D eigenvalue weighted by molar-refractivity contribution is -0.0497. The molecule has 134 valence electrons. The summed E-state index contributed by atoms with van der Waals surface area (Å²) in [5, 5.41) is 14.9. The van der Waals surface area contributed by atoms with Crippen molar-refractivity contribution in [3.63, 3.8) is 0 Å².